The van der Waals surface area contributed by atoms with Crippen molar-refractivity contribution < 1.29 is 4.74 Å². The van der Waals surface area contributed by atoms with Gasteiger partial charge in [0.05, 0.1) is 6.61 Å². The van der Waals surface area contributed by atoms with Crippen molar-refractivity contribution in [2.45, 2.75) is 45.6 Å². The zero-order valence-corrected chi connectivity index (χ0v) is 14.1. The van der Waals surface area contributed by atoms with Crippen LogP contribution in [0, 0.1) is 0 Å². The molecule has 2 rings (SSSR count). The molecule has 0 aliphatic heterocycles. The van der Waals surface area contributed by atoms with Gasteiger partial charge in [0.25, 0.3) is 0 Å². The van der Waals surface area contributed by atoms with Gasteiger partial charge in [-0.15, -0.1) is 0 Å². The molecule has 0 radical (unpaired) electrons. The van der Waals surface area contributed by atoms with E-state index in [0.29, 0.717) is 6.61 Å². The second kappa shape index (κ2) is 6.97. The standard InChI is InChI=1S/C20H27NO/c1-5-22-18-12-6-15(7-13-18)14-19(21)16-8-10-17(11-9-16)20(2,3)4/h6-13,19H,5,14,21H2,1-4H3. The molecule has 0 saturated carbocycles. The van der Waals surface area contributed by atoms with E-state index in [-0.39, 0.29) is 11.5 Å². The minimum Gasteiger partial charge on any atom is -0.494 e. The van der Waals surface area contributed by atoms with E-state index in [2.05, 4.69) is 57.2 Å². The monoisotopic (exact) mass is 297 g/mol. The van der Waals surface area contributed by atoms with Crippen molar-refractivity contribution >= 4 is 0 Å². The van der Waals surface area contributed by atoms with Crippen molar-refractivity contribution in [3.8, 4) is 5.75 Å². The van der Waals surface area contributed by atoms with Crippen LogP contribution in [0.15, 0.2) is 48.5 Å². The van der Waals surface area contributed by atoms with Crippen LogP contribution in [0.3, 0.4) is 0 Å². The highest BCUT2D eigenvalue weighted by Crippen LogP contribution is 2.24. The Morgan fingerprint density at radius 3 is 2.05 bits per heavy atom. The molecule has 1 unspecified atom stereocenters. The number of ether oxygens (including phenoxy) is 1. The summed E-state index contributed by atoms with van der Waals surface area (Å²) in [5, 5.41) is 0. The Balaban J connectivity index is 2.03. The van der Waals surface area contributed by atoms with Gasteiger partial charge in [-0.3, -0.25) is 0 Å². The van der Waals surface area contributed by atoms with Crippen molar-refractivity contribution in [2.24, 2.45) is 5.73 Å². The van der Waals surface area contributed by atoms with Gasteiger partial charge in [-0.1, -0.05) is 57.2 Å². The third-order valence-electron chi connectivity index (χ3n) is 3.89. The van der Waals surface area contributed by atoms with Gasteiger partial charge >= 0.3 is 0 Å². The van der Waals surface area contributed by atoms with E-state index in [9.17, 15) is 0 Å². The summed E-state index contributed by atoms with van der Waals surface area (Å²) in [5.74, 6) is 0.911. The van der Waals surface area contributed by atoms with Gasteiger partial charge in [0.15, 0.2) is 0 Å². The van der Waals surface area contributed by atoms with Crippen LogP contribution in [0.25, 0.3) is 0 Å². The first-order valence-corrected chi connectivity index (χ1v) is 7.98. The maximum absolute atomic E-state index is 6.35. The van der Waals surface area contributed by atoms with E-state index in [4.69, 9.17) is 10.5 Å². The van der Waals surface area contributed by atoms with Crippen molar-refractivity contribution in [3.63, 3.8) is 0 Å². The summed E-state index contributed by atoms with van der Waals surface area (Å²) in [5.41, 5.74) is 10.3. The van der Waals surface area contributed by atoms with Gasteiger partial charge < -0.3 is 10.5 Å². The Hall–Kier alpha value is -1.80. The molecular weight excluding hydrogens is 270 g/mol. The molecule has 0 saturated heterocycles. The van der Waals surface area contributed by atoms with E-state index >= 15 is 0 Å². The fourth-order valence-corrected chi connectivity index (χ4v) is 2.49. The quantitative estimate of drug-likeness (QED) is 0.873. The molecular formula is C20H27NO. The van der Waals surface area contributed by atoms with Gasteiger partial charge in [0.2, 0.25) is 0 Å². The lowest BCUT2D eigenvalue weighted by Crippen LogP contribution is -2.15. The van der Waals surface area contributed by atoms with E-state index in [1.807, 2.05) is 19.1 Å². The van der Waals surface area contributed by atoms with Crippen LogP contribution in [0.5, 0.6) is 5.75 Å². The van der Waals surface area contributed by atoms with Crippen LogP contribution < -0.4 is 10.5 Å². The minimum atomic E-state index is 0.0203. The topological polar surface area (TPSA) is 35.2 Å². The average Bonchev–Trinajstić information content (AvgIpc) is 2.49. The van der Waals surface area contributed by atoms with Crippen molar-refractivity contribution in [1.29, 1.82) is 0 Å². The predicted octanol–water partition coefficient (Wildman–Crippen LogP) is 4.63. The van der Waals surface area contributed by atoms with Gasteiger partial charge in [-0.25, -0.2) is 0 Å². The minimum absolute atomic E-state index is 0.0203. The highest BCUT2D eigenvalue weighted by molar-refractivity contribution is 5.32. The Kier molecular flexibility index (Phi) is 5.25. The summed E-state index contributed by atoms with van der Waals surface area (Å²) >= 11 is 0. The number of nitrogens with two attached hydrogens (primary N) is 1. The van der Waals surface area contributed by atoms with Crippen molar-refractivity contribution in [2.75, 3.05) is 6.61 Å². The lowest BCUT2D eigenvalue weighted by molar-refractivity contribution is 0.340. The third kappa shape index (κ3) is 4.35. The van der Waals surface area contributed by atoms with E-state index < -0.39 is 0 Å². The summed E-state index contributed by atoms with van der Waals surface area (Å²) in [6.07, 6.45) is 0.835. The highest BCUT2D eigenvalue weighted by Gasteiger charge is 2.14. The second-order valence-electron chi connectivity index (χ2n) is 6.76. The highest BCUT2D eigenvalue weighted by atomic mass is 16.5. The Labute approximate surface area is 134 Å². The molecule has 0 aliphatic carbocycles. The van der Waals surface area contributed by atoms with Gasteiger partial charge in [0, 0.05) is 6.04 Å². The zero-order valence-electron chi connectivity index (χ0n) is 14.1. The predicted molar refractivity (Wildman–Crippen MR) is 93.4 cm³/mol. The lowest BCUT2D eigenvalue weighted by atomic mass is 9.86. The lowest BCUT2D eigenvalue weighted by Gasteiger charge is -2.20. The summed E-state index contributed by atoms with van der Waals surface area (Å²) in [4.78, 5) is 0. The van der Waals surface area contributed by atoms with Crippen LogP contribution >= 0.6 is 0 Å². The molecule has 0 aliphatic rings. The van der Waals surface area contributed by atoms with E-state index in [1.165, 1.54) is 16.7 Å². The number of hydrogen-bond donors (Lipinski definition) is 1. The molecule has 0 amide bonds. The first-order valence-electron chi connectivity index (χ1n) is 7.98. The molecule has 2 nitrogen and oxygen atoms in total. The van der Waals surface area contributed by atoms with Gasteiger partial charge in [-0.05, 0) is 47.6 Å². The normalized spacial score (nSPS) is 13.0. The molecule has 2 N–H and O–H groups in total. The molecule has 2 aromatic carbocycles. The molecule has 0 spiro atoms. The van der Waals surface area contributed by atoms with Crippen LogP contribution in [-0.2, 0) is 11.8 Å². The Morgan fingerprint density at radius 2 is 1.55 bits per heavy atom. The molecule has 0 bridgehead atoms. The van der Waals surface area contributed by atoms with E-state index in [0.717, 1.165) is 12.2 Å². The Bertz CT molecular complexity index is 579. The fraction of sp³-hybridized carbons (Fsp3) is 0.400. The van der Waals surface area contributed by atoms with Crippen LogP contribution in [-0.4, -0.2) is 6.61 Å². The molecule has 0 aromatic heterocycles. The molecule has 2 aromatic rings. The van der Waals surface area contributed by atoms with Crippen molar-refractivity contribution in [3.05, 3.63) is 65.2 Å². The van der Waals surface area contributed by atoms with Crippen LogP contribution in [0.4, 0.5) is 0 Å². The largest absolute Gasteiger partial charge is 0.494 e. The number of benzene rings is 2. The smallest absolute Gasteiger partial charge is 0.119 e. The molecule has 2 heteroatoms. The fourth-order valence-electron chi connectivity index (χ4n) is 2.49. The maximum Gasteiger partial charge on any atom is 0.119 e. The van der Waals surface area contributed by atoms with Crippen LogP contribution in [0.1, 0.15) is 50.4 Å². The summed E-state index contributed by atoms with van der Waals surface area (Å²) in [6.45, 7) is 9.36. The van der Waals surface area contributed by atoms with Crippen molar-refractivity contribution in [1.82, 2.24) is 0 Å². The summed E-state index contributed by atoms with van der Waals surface area (Å²) < 4.78 is 5.46. The summed E-state index contributed by atoms with van der Waals surface area (Å²) in [7, 11) is 0. The first-order chi connectivity index (χ1) is 10.4. The number of rotatable bonds is 5. The average molecular weight is 297 g/mol. The molecule has 118 valence electrons. The molecule has 0 fully saturated rings. The SMILES string of the molecule is CCOc1ccc(CC(N)c2ccc(C(C)(C)C)cc2)cc1. The zero-order chi connectivity index (χ0) is 16.2. The van der Waals surface area contributed by atoms with Gasteiger partial charge in [-0.2, -0.15) is 0 Å². The molecule has 22 heavy (non-hydrogen) atoms. The maximum atomic E-state index is 6.35. The Morgan fingerprint density at radius 1 is 0.955 bits per heavy atom. The first kappa shape index (κ1) is 16.6. The molecule has 1 atom stereocenters. The second-order valence-corrected chi connectivity index (χ2v) is 6.76. The summed E-state index contributed by atoms with van der Waals surface area (Å²) in [6, 6.07) is 16.9. The van der Waals surface area contributed by atoms with Gasteiger partial charge in [0.1, 0.15) is 5.75 Å². The molecule has 0 heterocycles. The number of hydrogen-bond acceptors (Lipinski definition) is 2. The van der Waals surface area contributed by atoms with Crippen LogP contribution in [0.2, 0.25) is 0 Å². The van der Waals surface area contributed by atoms with E-state index in [1.54, 1.807) is 0 Å². The third-order valence-corrected chi connectivity index (χ3v) is 3.89.